The zero-order valence-corrected chi connectivity index (χ0v) is 15.3. The van der Waals surface area contributed by atoms with Gasteiger partial charge in [-0.15, -0.1) is 0 Å². The molecule has 0 saturated carbocycles. The molecule has 1 heterocycles. The molecular formula is C21H34O3. The number of hydrogen-bond acceptors (Lipinski definition) is 3. The zero-order valence-electron chi connectivity index (χ0n) is 15.3. The van der Waals surface area contributed by atoms with Gasteiger partial charge in [0.05, 0.1) is 13.2 Å². The lowest BCUT2D eigenvalue weighted by Gasteiger charge is -2.08. The minimum atomic E-state index is 0.303. The van der Waals surface area contributed by atoms with Crippen molar-refractivity contribution >= 4 is 0 Å². The van der Waals surface area contributed by atoms with Gasteiger partial charge in [-0.05, 0) is 30.7 Å². The largest absolute Gasteiger partial charge is 0.494 e. The van der Waals surface area contributed by atoms with Crippen LogP contribution in [0.1, 0.15) is 71.1 Å². The maximum absolute atomic E-state index is 5.79. The molecule has 136 valence electrons. The lowest BCUT2D eigenvalue weighted by molar-refractivity contribution is 0.262. The third kappa shape index (κ3) is 9.17. The summed E-state index contributed by atoms with van der Waals surface area (Å²) in [5, 5.41) is 0. The highest BCUT2D eigenvalue weighted by Gasteiger charge is 2.22. The van der Waals surface area contributed by atoms with Crippen LogP contribution in [0.4, 0.5) is 0 Å². The second-order valence-corrected chi connectivity index (χ2v) is 6.77. The fraction of sp³-hybridized carbons (Fsp3) is 0.714. The summed E-state index contributed by atoms with van der Waals surface area (Å²) in [6.07, 6.45) is 13.8. The standard InChI is InChI=1S/C21H34O3/c1-2-3-4-5-6-7-8-9-10-11-16-22-19-12-14-20(15-13-19)23-17-21-18-24-21/h12-15,21H,2-11,16-18H2,1H3. The summed E-state index contributed by atoms with van der Waals surface area (Å²) in [6, 6.07) is 7.91. The topological polar surface area (TPSA) is 31.0 Å². The van der Waals surface area contributed by atoms with Crippen molar-refractivity contribution in [3.8, 4) is 11.5 Å². The molecule has 0 aromatic heterocycles. The Kier molecular flexibility index (Phi) is 9.70. The van der Waals surface area contributed by atoms with E-state index in [4.69, 9.17) is 14.2 Å². The van der Waals surface area contributed by atoms with Crippen LogP contribution in [0.25, 0.3) is 0 Å². The number of ether oxygens (including phenoxy) is 3. The average molecular weight is 335 g/mol. The van der Waals surface area contributed by atoms with E-state index in [0.29, 0.717) is 12.7 Å². The van der Waals surface area contributed by atoms with Crippen LogP contribution in [-0.4, -0.2) is 25.9 Å². The summed E-state index contributed by atoms with van der Waals surface area (Å²) in [5.41, 5.74) is 0. The molecule has 0 amide bonds. The van der Waals surface area contributed by atoms with Crippen molar-refractivity contribution in [1.82, 2.24) is 0 Å². The van der Waals surface area contributed by atoms with Crippen LogP contribution < -0.4 is 9.47 Å². The SMILES string of the molecule is CCCCCCCCCCCCOc1ccc(OCC2CO2)cc1. The first-order chi connectivity index (χ1) is 11.9. The molecule has 0 bridgehead atoms. The smallest absolute Gasteiger partial charge is 0.119 e. The highest BCUT2D eigenvalue weighted by atomic mass is 16.6. The van der Waals surface area contributed by atoms with E-state index in [1.807, 2.05) is 24.3 Å². The number of hydrogen-bond donors (Lipinski definition) is 0. The predicted molar refractivity (Wildman–Crippen MR) is 99.0 cm³/mol. The van der Waals surface area contributed by atoms with Gasteiger partial charge >= 0.3 is 0 Å². The zero-order chi connectivity index (χ0) is 16.9. The van der Waals surface area contributed by atoms with Gasteiger partial charge in [0.25, 0.3) is 0 Å². The third-order valence-electron chi connectivity index (χ3n) is 4.43. The van der Waals surface area contributed by atoms with Crippen molar-refractivity contribution in [3.05, 3.63) is 24.3 Å². The fourth-order valence-corrected chi connectivity index (χ4v) is 2.77. The molecule has 0 N–H and O–H groups in total. The normalized spacial score (nSPS) is 16.1. The Morgan fingerprint density at radius 3 is 1.83 bits per heavy atom. The van der Waals surface area contributed by atoms with Gasteiger partial charge < -0.3 is 14.2 Å². The van der Waals surface area contributed by atoms with Crippen LogP contribution in [0.5, 0.6) is 11.5 Å². The lowest BCUT2D eigenvalue weighted by Crippen LogP contribution is -2.04. The van der Waals surface area contributed by atoms with Gasteiger partial charge in [-0.3, -0.25) is 0 Å². The summed E-state index contributed by atoms with van der Waals surface area (Å²) in [6.45, 7) is 4.57. The van der Waals surface area contributed by atoms with Gasteiger partial charge in [-0.2, -0.15) is 0 Å². The Labute approximate surface area is 147 Å². The lowest BCUT2D eigenvalue weighted by atomic mass is 10.1. The Morgan fingerprint density at radius 1 is 0.792 bits per heavy atom. The first-order valence-electron chi connectivity index (χ1n) is 9.85. The molecule has 0 spiro atoms. The van der Waals surface area contributed by atoms with Crippen molar-refractivity contribution in [2.45, 2.75) is 77.2 Å². The van der Waals surface area contributed by atoms with Crippen molar-refractivity contribution in [3.63, 3.8) is 0 Å². The molecule has 0 radical (unpaired) electrons. The van der Waals surface area contributed by atoms with Crippen LogP contribution in [0.3, 0.4) is 0 Å². The maximum Gasteiger partial charge on any atom is 0.119 e. The molecule has 1 aromatic carbocycles. The number of rotatable bonds is 15. The first kappa shape index (κ1) is 19.1. The van der Waals surface area contributed by atoms with E-state index in [1.165, 1.54) is 57.8 Å². The van der Waals surface area contributed by atoms with Crippen molar-refractivity contribution in [1.29, 1.82) is 0 Å². The Hall–Kier alpha value is -1.22. The van der Waals surface area contributed by atoms with Crippen LogP contribution in [0.15, 0.2) is 24.3 Å². The average Bonchev–Trinajstić information content (AvgIpc) is 3.43. The van der Waals surface area contributed by atoms with Crippen LogP contribution in [-0.2, 0) is 4.74 Å². The van der Waals surface area contributed by atoms with E-state index in [9.17, 15) is 0 Å². The molecule has 1 atom stereocenters. The van der Waals surface area contributed by atoms with Gasteiger partial charge in [0.1, 0.15) is 24.2 Å². The Morgan fingerprint density at radius 2 is 1.29 bits per heavy atom. The van der Waals surface area contributed by atoms with E-state index in [2.05, 4.69) is 6.92 Å². The quantitative estimate of drug-likeness (QED) is 0.302. The monoisotopic (exact) mass is 334 g/mol. The minimum Gasteiger partial charge on any atom is -0.494 e. The highest BCUT2D eigenvalue weighted by molar-refractivity contribution is 5.31. The van der Waals surface area contributed by atoms with E-state index < -0.39 is 0 Å². The molecule has 1 saturated heterocycles. The van der Waals surface area contributed by atoms with Crippen molar-refractivity contribution in [2.75, 3.05) is 19.8 Å². The number of benzene rings is 1. The number of epoxide rings is 1. The molecule has 1 aliphatic rings. The Bertz CT molecular complexity index is 412. The van der Waals surface area contributed by atoms with Crippen LogP contribution in [0, 0.1) is 0 Å². The molecule has 1 aromatic rings. The predicted octanol–water partition coefficient (Wildman–Crippen LogP) is 5.76. The minimum absolute atomic E-state index is 0.303. The van der Waals surface area contributed by atoms with Gasteiger partial charge in [0.2, 0.25) is 0 Å². The van der Waals surface area contributed by atoms with Crippen LogP contribution in [0.2, 0.25) is 0 Å². The molecule has 1 aliphatic heterocycles. The van der Waals surface area contributed by atoms with Gasteiger partial charge in [0.15, 0.2) is 0 Å². The van der Waals surface area contributed by atoms with E-state index in [0.717, 1.165) is 31.1 Å². The first-order valence-corrected chi connectivity index (χ1v) is 9.85. The molecule has 24 heavy (non-hydrogen) atoms. The second-order valence-electron chi connectivity index (χ2n) is 6.77. The summed E-state index contributed by atoms with van der Waals surface area (Å²) in [5.74, 6) is 1.82. The summed E-state index contributed by atoms with van der Waals surface area (Å²) >= 11 is 0. The van der Waals surface area contributed by atoms with Crippen molar-refractivity contribution < 1.29 is 14.2 Å². The van der Waals surface area contributed by atoms with E-state index in [1.54, 1.807) is 0 Å². The number of unbranched alkanes of at least 4 members (excludes halogenated alkanes) is 9. The van der Waals surface area contributed by atoms with Crippen LogP contribution >= 0.6 is 0 Å². The van der Waals surface area contributed by atoms with Gasteiger partial charge in [-0.1, -0.05) is 64.7 Å². The van der Waals surface area contributed by atoms with Gasteiger partial charge in [0, 0.05) is 0 Å². The fourth-order valence-electron chi connectivity index (χ4n) is 2.77. The highest BCUT2D eigenvalue weighted by Crippen LogP contribution is 2.20. The summed E-state index contributed by atoms with van der Waals surface area (Å²) in [4.78, 5) is 0. The van der Waals surface area contributed by atoms with Crippen molar-refractivity contribution in [2.24, 2.45) is 0 Å². The molecule has 1 unspecified atom stereocenters. The molecule has 3 nitrogen and oxygen atoms in total. The molecular weight excluding hydrogens is 300 g/mol. The van der Waals surface area contributed by atoms with E-state index >= 15 is 0 Å². The second kappa shape index (κ2) is 12.2. The Balaban J connectivity index is 1.40. The summed E-state index contributed by atoms with van der Waals surface area (Å²) in [7, 11) is 0. The maximum atomic E-state index is 5.79. The third-order valence-corrected chi connectivity index (χ3v) is 4.43. The molecule has 0 aliphatic carbocycles. The molecule has 3 heteroatoms. The molecule has 1 fully saturated rings. The molecule has 2 rings (SSSR count). The van der Waals surface area contributed by atoms with E-state index in [-0.39, 0.29) is 0 Å². The van der Waals surface area contributed by atoms with Gasteiger partial charge in [-0.25, -0.2) is 0 Å². The summed E-state index contributed by atoms with van der Waals surface area (Å²) < 4.78 is 16.5.